The van der Waals surface area contributed by atoms with Gasteiger partial charge in [0.2, 0.25) is 0 Å². The fourth-order valence-electron chi connectivity index (χ4n) is 3.34. The molecule has 4 rings (SSSR count). The van der Waals surface area contributed by atoms with Crippen molar-refractivity contribution in [2.45, 2.75) is 24.5 Å². The number of carbonyl (C=O) groups excluding carboxylic acids is 1. The molecule has 1 amide bonds. The molecule has 13 heteroatoms. The quantitative estimate of drug-likeness (QED) is 0.310. The Labute approximate surface area is 195 Å². The summed E-state index contributed by atoms with van der Waals surface area (Å²) < 4.78 is 26.3. The van der Waals surface area contributed by atoms with Crippen molar-refractivity contribution in [1.29, 1.82) is 0 Å². The van der Waals surface area contributed by atoms with E-state index in [2.05, 4.69) is 37.9 Å². The first-order valence-electron chi connectivity index (χ1n) is 10.3. The normalized spacial score (nSPS) is 24.9. The van der Waals surface area contributed by atoms with E-state index in [-0.39, 0.29) is 36.1 Å². The Hall–Kier alpha value is -2.53. The number of nitrogens with zero attached hydrogens (tertiary/aromatic N) is 4. The summed E-state index contributed by atoms with van der Waals surface area (Å²) in [5.74, 6) is 2.27. The van der Waals surface area contributed by atoms with Crippen LogP contribution in [0.4, 0.5) is 5.82 Å². The van der Waals surface area contributed by atoms with Gasteiger partial charge in [0.25, 0.3) is 5.91 Å². The SMILES string of the molecule is [2H][C@@]1(O)[C@@H](CO)O[C@@H](n2cnc3c(NC(=O)c4ccccc4)ncnc32)[C@@H]1OCCOC#P=S. The molecule has 1 aliphatic heterocycles. The van der Waals surface area contributed by atoms with E-state index >= 15 is 0 Å². The van der Waals surface area contributed by atoms with E-state index in [0.29, 0.717) is 12.4 Å². The summed E-state index contributed by atoms with van der Waals surface area (Å²) in [6.07, 6.45) is -3.16. The van der Waals surface area contributed by atoms with Crippen LogP contribution in [-0.4, -0.2) is 73.7 Å². The molecule has 1 aliphatic rings. The molecule has 11 nitrogen and oxygen atoms in total. The molecule has 1 fully saturated rings. The number of benzene rings is 1. The van der Waals surface area contributed by atoms with E-state index < -0.39 is 31.1 Å². The number of aliphatic hydroxyl groups is 2. The third-order valence-corrected chi connectivity index (χ3v) is 5.26. The minimum atomic E-state index is -2.27. The van der Waals surface area contributed by atoms with Crippen LogP contribution in [0.15, 0.2) is 43.0 Å². The molecular weight excluding hydrogens is 469 g/mol. The van der Waals surface area contributed by atoms with Gasteiger partial charge in [0.1, 0.15) is 0 Å². The number of hydrogen-bond donors (Lipinski definition) is 3. The Morgan fingerprint density at radius 1 is 1.33 bits per heavy atom. The van der Waals surface area contributed by atoms with Crippen molar-refractivity contribution in [3.8, 4) is 5.81 Å². The summed E-state index contributed by atoms with van der Waals surface area (Å²) >= 11 is 4.69. The predicted octanol–water partition coefficient (Wildman–Crippen LogP) is 1.06. The third-order valence-electron chi connectivity index (χ3n) is 4.84. The van der Waals surface area contributed by atoms with Crippen LogP contribution in [0.1, 0.15) is 18.0 Å². The molecule has 33 heavy (non-hydrogen) atoms. The first-order valence-corrected chi connectivity index (χ1v) is 11.7. The number of aromatic nitrogens is 4. The number of anilines is 1. The number of nitrogens with one attached hydrogen (secondary N) is 1. The van der Waals surface area contributed by atoms with Gasteiger partial charge in [-0.2, -0.15) is 0 Å². The van der Waals surface area contributed by atoms with E-state index in [4.69, 9.17) is 15.6 Å². The van der Waals surface area contributed by atoms with Gasteiger partial charge in [-0.05, 0) is 12.1 Å². The van der Waals surface area contributed by atoms with Crippen LogP contribution in [0.25, 0.3) is 11.2 Å². The fraction of sp³-hybridized carbons (Fsp3) is 0.350. The minimum absolute atomic E-state index is 0.00170. The van der Waals surface area contributed by atoms with Gasteiger partial charge in [0.05, 0.1) is 0 Å². The Morgan fingerprint density at radius 2 is 2.15 bits per heavy atom. The van der Waals surface area contributed by atoms with E-state index in [9.17, 15) is 15.0 Å². The first kappa shape index (κ1) is 22.3. The van der Waals surface area contributed by atoms with Crippen molar-refractivity contribution in [3.05, 3.63) is 48.5 Å². The summed E-state index contributed by atoms with van der Waals surface area (Å²) in [6, 6.07) is 8.62. The molecule has 0 spiro atoms. The van der Waals surface area contributed by atoms with Crippen molar-refractivity contribution in [3.63, 3.8) is 0 Å². The third kappa shape index (κ3) is 5.19. The summed E-state index contributed by atoms with van der Waals surface area (Å²) in [5.41, 5.74) is 0.986. The van der Waals surface area contributed by atoms with Gasteiger partial charge in [-0.1, -0.05) is 18.2 Å². The number of ether oxygens (including phenoxy) is 3. The van der Waals surface area contributed by atoms with Crippen LogP contribution >= 0.6 is 6.81 Å². The standard InChI is InChI=1S/C20H20N5O6PS/c26-8-13-15(27)16(30-7-6-29-11-32-33)20(31-13)25-10-23-14-17(21-9-22-18(14)25)24-19(28)12-4-2-1-3-5-12/h1-5,9-10,13,15-16,20,26-27H,6-8H2,(H,21,22,24,28)/t13-,15-,16-,20-/m1/s1/i15D. The molecule has 0 unspecified atom stereocenters. The number of rotatable bonds is 8. The Morgan fingerprint density at radius 3 is 2.91 bits per heavy atom. The van der Waals surface area contributed by atoms with Crippen molar-refractivity contribution >= 4 is 41.5 Å². The fourth-order valence-corrected chi connectivity index (χ4v) is 3.64. The monoisotopic (exact) mass is 490 g/mol. The summed E-state index contributed by atoms with van der Waals surface area (Å²) in [4.78, 5) is 25.2. The molecule has 3 N–H and O–H groups in total. The molecule has 3 aromatic rings. The van der Waals surface area contributed by atoms with Crippen LogP contribution in [0.5, 0.6) is 0 Å². The zero-order chi connectivity index (χ0) is 24.1. The van der Waals surface area contributed by atoms with Gasteiger partial charge in [0, 0.05) is 5.56 Å². The van der Waals surface area contributed by atoms with Crippen molar-refractivity contribution < 1.29 is 30.6 Å². The topological polar surface area (TPSA) is 141 Å². The zero-order valence-corrected chi connectivity index (χ0v) is 18.8. The molecule has 1 saturated heterocycles. The first-order chi connectivity index (χ1) is 16.5. The second kappa shape index (κ2) is 11.1. The van der Waals surface area contributed by atoms with Crippen LogP contribution in [-0.2, 0) is 26.0 Å². The number of amides is 1. The molecule has 2 aromatic heterocycles. The molecule has 4 atom stereocenters. The summed E-state index contributed by atoms with van der Waals surface area (Å²) in [5, 5.41) is 23.1. The number of hydrogen-bond acceptors (Lipinski definition) is 10. The van der Waals surface area contributed by atoms with E-state index in [0.717, 1.165) is 0 Å². The van der Waals surface area contributed by atoms with Crippen LogP contribution in [0, 0.1) is 5.81 Å². The average molecular weight is 490 g/mol. The van der Waals surface area contributed by atoms with Gasteiger partial charge in [-0.15, -0.1) is 0 Å². The van der Waals surface area contributed by atoms with Crippen molar-refractivity contribution in [2.75, 3.05) is 25.1 Å². The second-order valence-electron chi connectivity index (χ2n) is 6.81. The molecule has 0 bridgehead atoms. The van der Waals surface area contributed by atoms with Crippen molar-refractivity contribution in [1.82, 2.24) is 19.5 Å². The number of aliphatic hydroxyl groups excluding tert-OH is 1. The van der Waals surface area contributed by atoms with Gasteiger partial charge < -0.3 is 0 Å². The van der Waals surface area contributed by atoms with Crippen LogP contribution in [0.2, 0.25) is 0 Å². The number of fused-ring (bicyclic) bond motifs is 1. The average Bonchev–Trinajstić information content (AvgIpc) is 3.38. The summed E-state index contributed by atoms with van der Waals surface area (Å²) in [7, 11) is 0. The predicted molar refractivity (Wildman–Crippen MR) is 121 cm³/mol. The maximum atomic E-state index is 12.6. The molecule has 1 aromatic carbocycles. The Bertz CT molecular complexity index is 1270. The molecule has 172 valence electrons. The van der Waals surface area contributed by atoms with Crippen molar-refractivity contribution in [2.24, 2.45) is 0 Å². The second-order valence-corrected chi connectivity index (χ2v) is 7.72. The van der Waals surface area contributed by atoms with Gasteiger partial charge >= 0.3 is 149 Å². The van der Waals surface area contributed by atoms with Gasteiger partial charge in [-0.3, -0.25) is 4.79 Å². The molecule has 0 saturated carbocycles. The Kier molecular flexibility index (Phi) is 7.47. The summed E-state index contributed by atoms with van der Waals surface area (Å²) in [6.45, 7) is -0.106. The molecule has 0 radical (unpaired) electrons. The van der Waals surface area contributed by atoms with E-state index in [1.807, 2.05) is 0 Å². The van der Waals surface area contributed by atoms with Crippen LogP contribution in [0.3, 0.4) is 0 Å². The van der Waals surface area contributed by atoms with Gasteiger partial charge in [-0.25, -0.2) is 0 Å². The maximum absolute atomic E-state index is 12.6. The van der Waals surface area contributed by atoms with Crippen LogP contribution < -0.4 is 5.32 Å². The Balaban J connectivity index is 1.62. The molecule has 0 aliphatic carbocycles. The number of imidazole rings is 1. The zero-order valence-electron chi connectivity index (χ0n) is 18.1. The van der Waals surface area contributed by atoms with E-state index in [1.54, 1.807) is 30.3 Å². The van der Waals surface area contributed by atoms with E-state index in [1.165, 1.54) is 17.2 Å². The van der Waals surface area contributed by atoms with Gasteiger partial charge in [0.15, 0.2) is 0 Å². The molecular formula is C20H20N5O6PS. The molecule has 3 heterocycles. The number of carbonyl (C=O) groups is 1.